The summed E-state index contributed by atoms with van der Waals surface area (Å²) in [4.78, 5) is 24.1. The molecule has 8 nitrogen and oxygen atoms in total. The summed E-state index contributed by atoms with van der Waals surface area (Å²) in [6, 6.07) is 10.5. The molecule has 0 radical (unpaired) electrons. The number of rotatable bonds is 5. The summed E-state index contributed by atoms with van der Waals surface area (Å²) in [6.45, 7) is 4.44. The van der Waals surface area contributed by atoms with Crippen LogP contribution in [0, 0.1) is 5.92 Å². The number of anilines is 2. The maximum Gasteiger partial charge on any atom is 0.262 e. The molecule has 2 aliphatic rings. The maximum atomic E-state index is 13.2. The Morgan fingerprint density at radius 3 is 2.48 bits per heavy atom. The number of benzene rings is 2. The van der Waals surface area contributed by atoms with Crippen LogP contribution in [0.5, 0.6) is 5.75 Å². The van der Waals surface area contributed by atoms with Crippen molar-refractivity contribution in [2.45, 2.75) is 37.5 Å². The lowest BCUT2D eigenvalue weighted by Gasteiger charge is -2.31. The molecule has 0 unspecified atom stereocenters. The van der Waals surface area contributed by atoms with Gasteiger partial charge in [-0.25, -0.2) is 8.42 Å². The van der Waals surface area contributed by atoms with E-state index in [-0.39, 0.29) is 53.1 Å². The number of fused-ring (bicyclic) bond motifs is 1. The normalized spacial score (nSPS) is 17.3. The van der Waals surface area contributed by atoms with E-state index in [9.17, 15) is 18.0 Å². The zero-order valence-electron chi connectivity index (χ0n) is 18.4. The van der Waals surface area contributed by atoms with Gasteiger partial charge in [0.25, 0.3) is 5.91 Å². The SMILES string of the molecule is CC(C)c1ccc(NC(=O)C2CCN(S(=O)(=O)c3cc4c(cc3Cl)NC(=O)CO4)CC2)cc1. The van der Waals surface area contributed by atoms with Crippen molar-refractivity contribution in [1.82, 2.24) is 4.31 Å². The van der Waals surface area contributed by atoms with E-state index in [1.54, 1.807) is 0 Å². The number of carbonyl (C=O) groups is 2. The Labute approximate surface area is 198 Å². The monoisotopic (exact) mass is 491 g/mol. The lowest BCUT2D eigenvalue weighted by molar-refractivity contribution is -0.121. The average molecular weight is 492 g/mol. The van der Waals surface area contributed by atoms with Crippen LogP contribution in [-0.4, -0.2) is 44.2 Å². The van der Waals surface area contributed by atoms with Crippen LogP contribution >= 0.6 is 11.6 Å². The van der Waals surface area contributed by atoms with Crippen molar-refractivity contribution in [3.05, 3.63) is 47.0 Å². The molecular formula is C23H26ClN3O5S. The fraction of sp³-hybridized carbons (Fsp3) is 0.391. The molecule has 4 rings (SSSR count). The lowest BCUT2D eigenvalue weighted by atomic mass is 9.97. The molecule has 1 fully saturated rings. The molecule has 2 aliphatic heterocycles. The number of piperidine rings is 1. The van der Waals surface area contributed by atoms with Crippen molar-refractivity contribution in [2.24, 2.45) is 5.92 Å². The Bertz CT molecular complexity index is 1170. The molecule has 2 amide bonds. The largest absolute Gasteiger partial charge is 0.482 e. The molecule has 0 aliphatic carbocycles. The van der Waals surface area contributed by atoms with Gasteiger partial charge in [-0.15, -0.1) is 0 Å². The van der Waals surface area contributed by atoms with Crippen molar-refractivity contribution in [1.29, 1.82) is 0 Å². The Morgan fingerprint density at radius 2 is 1.85 bits per heavy atom. The third-order valence-corrected chi connectivity index (χ3v) is 8.32. The fourth-order valence-electron chi connectivity index (χ4n) is 3.97. The number of ether oxygens (including phenoxy) is 1. The molecule has 176 valence electrons. The van der Waals surface area contributed by atoms with Gasteiger partial charge in [-0.05, 0) is 42.5 Å². The first-order valence-corrected chi connectivity index (χ1v) is 12.6. The molecule has 33 heavy (non-hydrogen) atoms. The zero-order valence-corrected chi connectivity index (χ0v) is 20.0. The third-order valence-electron chi connectivity index (χ3n) is 5.95. The summed E-state index contributed by atoms with van der Waals surface area (Å²) >= 11 is 6.24. The summed E-state index contributed by atoms with van der Waals surface area (Å²) in [5.74, 6) is -0.0465. The molecule has 2 heterocycles. The van der Waals surface area contributed by atoms with Gasteiger partial charge in [-0.1, -0.05) is 37.6 Å². The van der Waals surface area contributed by atoms with Gasteiger partial charge in [0.15, 0.2) is 6.61 Å². The van der Waals surface area contributed by atoms with Gasteiger partial charge in [-0.2, -0.15) is 4.31 Å². The first-order valence-electron chi connectivity index (χ1n) is 10.8. The molecule has 2 N–H and O–H groups in total. The molecule has 0 atom stereocenters. The number of hydrogen-bond donors (Lipinski definition) is 2. The number of nitrogens with one attached hydrogen (secondary N) is 2. The standard InChI is InChI=1S/C23H26ClN3O5S/c1-14(2)15-3-5-17(6-4-15)25-23(29)16-7-9-27(10-8-16)33(30,31)21-12-20-19(11-18(21)24)26-22(28)13-32-20/h3-6,11-12,14,16H,7-10,13H2,1-2H3,(H,25,29)(H,26,28). The number of amides is 2. The van der Waals surface area contributed by atoms with Crippen LogP contribution in [0.25, 0.3) is 0 Å². The summed E-state index contributed by atoms with van der Waals surface area (Å²) < 4.78 is 33.1. The van der Waals surface area contributed by atoms with Crippen molar-refractivity contribution >= 4 is 44.8 Å². The summed E-state index contributed by atoms with van der Waals surface area (Å²) in [5, 5.41) is 5.54. The van der Waals surface area contributed by atoms with Gasteiger partial charge in [0.2, 0.25) is 15.9 Å². The molecule has 10 heteroatoms. The highest BCUT2D eigenvalue weighted by Gasteiger charge is 2.34. The van der Waals surface area contributed by atoms with Gasteiger partial charge in [0, 0.05) is 30.8 Å². The van der Waals surface area contributed by atoms with Gasteiger partial charge in [-0.3, -0.25) is 9.59 Å². The smallest absolute Gasteiger partial charge is 0.262 e. The van der Waals surface area contributed by atoms with E-state index in [1.165, 1.54) is 22.0 Å². The Hall–Kier alpha value is -2.62. The molecule has 2 aromatic carbocycles. The van der Waals surface area contributed by atoms with Crippen LogP contribution in [0.15, 0.2) is 41.3 Å². The van der Waals surface area contributed by atoms with E-state index in [0.717, 1.165) is 5.69 Å². The Balaban J connectivity index is 1.41. The highest BCUT2D eigenvalue weighted by atomic mass is 35.5. The zero-order chi connectivity index (χ0) is 23.8. The van der Waals surface area contributed by atoms with Crippen LogP contribution in [0.4, 0.5) is 11.4 Å². The average Bonchev–Trinajstić information content (AvgIpc) is 2.78. The van der Waals surface area contributed by atoms with E-state index in [2.05, 4.69) is 24.5 Å². The fourth-order valence-corrected chi connectivity index (χ4v) is 5.96. The Kier molecular flexibility index (Phi) is 6.65. The van der Waals surface area contributed by atoms with Gasteiger partial charge in [0.1, 0.15) is 10.6 Å². The number of nitrogens with zero attached hydrogens (tertiary/aromatic N) is 1. The minimum Gasteiger partial charge on any atom is -0.482 e. The van der Waals surface area contributed by atoms with E-state index in [4.69, 9.17) is 16.3 Å². The topological polar surface area (TPSA) is 105 Å². The van der Waals surface area contributed by atoms with Crippen LogP contribution in [0.1, 0.15) is 38.2 Å². The van der Waals surface area contributed by atoms with Gasteiger partial charge in [0.05, 0.1) is 10.7 Å². The van der Waals surface area contributed by atoms with Gasteiger partial charge >= 0.3 is 0 Å². The highest BCUT2D eigenvalue weighted by molar-refractivity contribution is 7.89. The first kappa shape index (κ1) is 23.5. The van der Waals surface area contributed by atoms with Crippen LogP contribution in [0.2, 0.25) is 5.02 Å². The van der Waals surface area contributed by atoms with Crippen molar-refractivity contribution in [2.75, 3.05) is 30.3 Å². The third kappa shape index (κ3) is 5.00. The first-order chi connectivity index (χ1) is 15.6. The van der Waals surface area contributed by atoms with E-state index in [1.807, 2.05) is 24.3 Å². The number of hydrogen-bond acceptors (Lipinski definition) is 5. The number of halogens is 1. The second kappa shape index (κ2) is 9.32. The van der Waals surface area contributed by atoms with Crippen molar-refractivity contribution < 1.29 is 22.7 Å². The minimum atomic E-state index is -3.88. The molecular weight excluding hydrogens is 466 g/mol. The lowest BCUT2D eigenvalue weighted by Crippen LogP contribution is -2.41. The number of sulfonamides is 1. The van der Waals surface area contributed by atoms with E-state index >= 15 is 0 Å². The van der Waals surface area contributed by atoms with Crippen LogP contribution in [-0.2, 0) is 19.6 Å². The Morgan fingerprint density at radius 1 is 1.18 bits per heavy atom. The quantitative estimate of drug-likeness (QED) is 0.661. The minimum absolute atomic E-state index is 0.00395. The molecule has 0 aromatic heterocycles. The number of carbonyl (C=O) groups excluding carboxylic acids is 2. The molecule has 0 bridgehead atoms. The van der Waals surface area contributed by atoms with Crippen LogP contribution < -0.4 is 15.4 Å². The molecule has 1 saturated heterocycles. The summed E-state index contributed by atoms with van der Waals surface area (Å²) in [5.41, 5.74) is 2.26. The van der Waals surface area contributed by atoms with Gasteiger partial charge < -0.3 is 15.4 Å². The second-order valence-electron chi connectivity index (χ2n) is 8.56. The second-order valence-corrected chi connectivity index (χ2v) is 10.9. The van der Waals surface area contributed by atoms with E-state index in [0.29, 0.717) is 24.4 Å². The predicted octanol–water partition coefficient (Wildman–Crippen LogP) is 3.83. The van der Waals surface area contributed by atoms with Crippen molar-refractivity contribution in [3.63, 3.8) is 0 Å². The summed E-state index contributed by atoms with van der Waals surface area (Å²) in [7, 11) is -3.88. The molecule has 0 saturated carbocycles. The van der Waals surface area contributed by atoms with Crippen molar-refractivity contribution in [3.8, 4) is 5.75 Å². The van der Waals surface area contributed by atoms with Crippen LogP contribution in [0.3, 0.4) is 0 Å². The predicted molar refractivity (Wildman–Crippen MR) is 126 cm³/mol. The molecule has 2 aromatic rings. The molecule has 0 spiro atoms. The van der Waals surface area contributed by atoms with E-state index < -0.39 is 10.0 Å². The maximum absolute atomic E-state index is 13.2. The summed E-state index contributed by atoms with van der Waals surface area (Å²) in [6.07, 6.45) is 0.814. The highest BCUT2D eigenvalue weighted by Crippen LogP contribution is 2.37.